The number of rotatable bonds is 3. The molecule has 0 spiro atoms. The number of nitrogens with one attached hydrogen (secondary N) is 1. The second-order valence-electron chi connectivity index (χ2n) is 5.26. The van der Waals surface area contributed by atoms with Gasteiger partial charge in [-0.1, -0.05) is 0 Å². The van der Waals surface area contributed by atoms with E-state index in [2.05, 4.69) is 10.3 Å². The van der Waals surface area contributed by atoms with Crippen molar-refractivity contribution in [2.24, 2.45) is 11.8 Å². The molecule has 2 heterocycles. The highest BCUT2D eigenvalue weighted by atomic mass is 32.1. The zero-order valence-corrected chi connectivity index (χ0v) is 10.7. The lowest BCUT2D eigenvalue weighted by molar-refractivity contribution is -0.140. The minimum atomic E-state index is -4.31. The van der Waals surface area contributed by atoms with Crippen molar-refractivity contribution in [2.45, 2.75) is 37.9 Å². The van der Waals surface area contributed by atoms with Crippen LogP contribution in [0.4, 0.5) is 13.2 Å². The summed E-state index contributed by atoms with van der Waals surface area (Å²) in [7, 11) is 0. The number of halogens is 3. The van der Waals surface area contributed by atoms with Gasteiger partial charge >= 0.3 is 6.18 Å². The normalized spacial score (nSPS) is 31.2. The second-order valence-corrected chi connectivity index (χ2v) is 6.20. The number of alkyl halides is 3. The third-order valence-electron chi connectivity index (χ3n) is 3.87. The van der Waals surface area contributed by atoms with Crippen molar-refractivity contribution in [2.75, 3.05) is 6.54 Å². The van der Waals surface area contributed by atoms with Gasteiger partial charge in [-0.3, -0.25) is 0 Å². The predicted molar refractivity (Wildman–Crippen MR) is 63.4 cm³/mol. The smallest absolute Gasteiger partial charge is 0.314 e. The van der Waals surface area contributed by atoms with E-state index in [4.69, 9.17) is 0 Å². The summed E-state index contributed by atoms with van der Waals surface area (Å²) in [5.41, 5.74) is -0.749. The molecule has 2 nitrogen and oxygen atoms in total. The molecule has 18 heavy (non-hydrogen) atoms. The molecular weight excluding hydrogens is 261 g/mol. The predicted octanol–water partition coefficient (Wildman–Crippen LogP) is 3.09. The van der Waals surface area contributed by atoms with Gasteiger partial charge in [0.25, 0.3) is 0 Å². The van der Waals surface area contributed by atoms with E-state index in [1.165, 1.54) is 12.8 Å². The van der Waals surface area contributed by atoms with Crippen LogP contribution in [0.2, 0.25) is 0 Å². The molecule has 1 aromatic heterocycles. The van der Waals surface area contributed by atoms with E-state index in [0.717, 1.165) is 41.5 Å². The van der Waals surface area contributed by atoms with Crippen LogP contribution >= 0.6 is 11.3 Å². The first-order chi connectivity index (χ1) is 8.52. The molecule has 3 rings (SSSR count). The molecule has 0 aromatic carbocycles. The molecule has 0 radical (unpaired) electrons. The maximum absolute atomic E-state index is 12.4. The van der Waals surface area contributed by atoms with Crippen LogP contribution in [0, 0.1) is 11.8 Å². The molecule has 2 aliphatic rings. The number of hydrogen-bond donors (Lipinski definition) is 1. The molecule has 3 atom stereocenters. The van der Waals surface area contributed by atoms with Crippen molar-refractivity contribution in [3.63, 3.8) is 0 Å². The highest BCUT2D eigenvalue weighted by Gasteiger charge is 2.41. The lowest BCUT2D eigenvalue weighted by atomic mass is 10.0. The Morgan fingerprint density at radius 3 is 2.83 bits per heavy atom. The van der Waals surface area contributed by atoms with E-state index in [1.807, 2.05) is 0 Å². The quantitative estimate of drug-likeness (QED) is 0.917. The summed E-state index contributed by atoms with van der Waals surface area (Å²) in [6.07, 6.45) is -0.246. The Hall–Kier alpha value is -0.620. The van der Waals surface area contributed by atoms with Crippen molar-refractivity contribution in [1.82, 2.24) is 10.3 Å². The standard InChI is InChI=1S/C12H15F3N2S/c13-12(14,15)10-6-18-11(17-10)2-1-9-4-7-3-8(7)5-16-9/h6-9,16H,1-5H2. The SMILES string of the molecule is FC(F)(F)c1csc(CCC2CC3CC3CN2)n1. The average Bonchev–Trinajstić information content (AvgIpc) is 2.90. The number of aryl methyl sites for hydroxylation is 1. The summed E-state index contributed by atoms with van der Waals surface area (Å²) in [5, 5.41) is 5.18. The van der Waals surface area contributed by atoms with Gasteiger partial charge in [0.2, 0.25) is 0 Å². The Bertz CT molecular complexity index is 429. The molecule has 1 saturated carbocycles. The Balaban J connectivity index is 1.52. The van der Waals surface area contributed by atoms with Gasteiger partial charge in [0.15, 0.2) is 5.69 Å². The molecule has 100 valence electrons. The Morgan fingerprint density at radius 2 is 2.17 bits per heavy atom. The monoisotopic (exact) mass is 276 g/mol. The molecule has 1 saturated heterocycles. The molecule has 1 N–H and O–H groups in total. The fraction of sp³-hybridized carbons (Fsp3) is 0.750. The summed E-state index contributed by atoms with van der Waals surface area (Å²) in [6.45, 7) is 1.08. The zero-order valence-electron chi connectivity index (χ0n) is 9.83. The molecule has 1 aromatic rings. The summed E-state index contributed by atoms with van der Waals surface area (Å²) in [6, 6.07) is 0.465. The first kappa shape index (κ1) is 12.4. The largest absolute Gasteiger partial charge is 0.434 e. The molecule has 2 fully saturated rings. The highest BCUT2D eigenvalue weighted by Crippen LogP contribution is 2.44. The van der Waals surface area contributed by atoms with E-state index in [0.29, 0.717) is 17.5 Å². The first-order valence-electron chi connectivity index (χ1n) is 6.27. The van der Waals surface area contributed by atoms with Gasteiger partial charge < -0.3 is 5.32 Å². The third kappa shape index (κ3) is 2.69. The molecule has 6 heteroatoms. The van der Waals surface area contributed by atoms with Crippen LogP contribution in [0.3, 0.4) is 0 Å². The number of piperidine rings is 1. The van der Waals surface area contributed by atoms with Crippen LogP contribution < -0.4 is 5.32 Å². The van der Waals surface area contributed by atoms with Crippen LogP contribution in [0.25, 0.3) is 0 Å². The fourth-order valence-corrected chi connectivity index (χ4v) is 3.51. The first-order valence-corrected chi connectivity index (χ1v) is 7.15. The van der Waals surface area contributed by atoms with Crippen LogP contribution in [0.15, 0.2) is 5.38 Å². The minimum Gasteiger partial charge on any atom is -0.314 e. The van der Waals surface area contributed by atoms with E-state index in [-0.39, 0.29) is 0 Å². The maximum Gasteiger partial charge on any atom is 0.434 e. The summed E-state index contributed by atoms with van der Waals surface area (Å²) >= 11 is 1.12. The van der Waals surface area contributed by atoms with E-state index < -0.39 is 11.9 Å². The second kappa shape index (κ2) is 4.49. The Kier molecular flexibility index (Phi) is 3.10. The van der Waals surface area contributed by atoms with Crippen LogP contribution in [0.5, 0.6) is 0 Å². The number of aromatic nitrogens is 1. The lowest BCUT2D eigenvalue weighted by Crippen LogP contribution is -2.35. The van der Waals surface area contributed by atoms with Crippen molar-refractivity contribution in [3.8, 4) is 0 Å². The number of thiazole rings is 1. The Morgan fingerprint density at radius 1 is 1.33 bits per heavy atom. The van der Waals surface area contributed by atoms with Crippen LogP contribution in [-0.2, 0) is 12.6 Å². The third-order valence-corrected chi connectivity index (χ3v) is 4.78. The van der Waals surface area contributed by atoms with Gasteiger partial charge in [0.05, 0.1) is 5.01 Å². The number of nitrogens with zero attached hydrogens (tertiary/aromatic N) is 1. The molecular formula is C12H15F3N2S. The van der Waals surface area contributed by atoms with Gasteiger partial charge in [-0.05, 0) is 37.6 Å². The molecule has 0 amide bonds. The van der Waals surface area contributed by atoms with E-state index in [1.54, 1.807) is 0 Å². The summed E-state index contributed by atoms with van der Waals surface area (Å²) in [5.74, 6) is 1.75. The van der Waals surface area contributed by atoms with Crippen LogP contribution in [-0.4, -0.2) is 17.6 Å². The number of fused-ring (bicyclic) bond motifs is 1. The van der Waals surface area contributed by atoms with Crippen LogP contribution in [0.1, 0.15) is 30.0 Å². The van der Waals surface area contributed by atoms with Gasteiger partial charge in [0.1, 0.15) is 0 Å². The summed E-state index contributed by atoms with van der Waals surface area (Å²) in [4.78, 5) is 3.66. The topological polar surface area (TPSA) is 24.9 Å². The van der Waals surface area contributed by atoms with Crippen molar-refractivity contribution >= 4 is 11.3 Å². The minimum absolute atomic E-state index is 0.465. The molecule has 0 bridgehead atoms. The molecule has 3 unspecified atom stereocenters. The lowest BCUT2D eigenvalue weighted by Gasteiger charge is -2.22. The van der Waals surface area contributed by atoms with Crippen molar-refractivity contribution in [1.29, 1.82) is 0 Å². The fourth-order valence-electron chi connectivity index (χ4n) is 2.69. The maximum atomic E-state index is 12.4. The molecule has 1 aliphatic carbocycles. The van der Waals surface area contributed by atoms with Crippen molar-refractivity contribution < 1.29 is 13.2 Å². The van der Waals surface area contributed by atoms with Crippen molar-refractivity contribution in [3.05, 3.63) is 16.1 Å². The molecule has 1 aliphatic heterocycles. The van der Waals surface area contributed by atoms with E-state index >= 15 is 0 Å². The number of hydrogen-bond acceptors (Lipinski definition) is 3. The Labute approximate surface area is 108 Å². The summed E-state index contributed by atoms with van der Waals surface area (Å²) < 4.78 is 37.2. The zero-order chi connectivity index (χ0) is 12.8. The van der Waals surface area contributed by atoms with Gasteiger partial charge in [0, 0.05) is 17.8 Å². The van der Waals surface area contributed by atoms with Gasteiger partial charge in [-0.2, -0.15) is 13.2 Å². The average molecular weight is 276 g/mol. The van der Waals surface area contributed by atoms with Gasteiger partial charge in [-0.15, -0.1) is 11.3 Å². The van der Waals surface area contributed by atoms with E-state index in [9.17, 15) is 13.2 Å². The van der Waals surface area contributed by atoms with Gasteiger partial charge in [-0.25, -0.2) is 4.98 Å². The highest BCUT2D eigenvalue weighted by molar-refractivity contribution is 7.09.